The molecule has 1 amide bonds. The number of allylic oxidation sites excluding steroid dienone is 1. The molecule has 0 fully saturated rings. The van der Waals surface area contributed by atoms with Gasteiger partial charge in [-0.05, 0) is 36.8 Å². The van der Waals surface area contributed by atoms with Crippen molar-refractivity contribution in [2.45, 2.75) is 20.3 Å². The van der Waals surface area contributed by atoms with Gasteiger partial charge in [0.25, 0.3) is 11.5 Å². The van der Waals surface area contributed by atoms with Crippen molar-refractivity contribution in [2.75, 3.05) is 12.4 Å². The van der Waals surface area contributed by atoms with Gasteiger partial charge in [-0.1, -0.05) is 37.3 Å². The zero-order valence-electron chi connectivity index (χ0n) is 18.7. The molecule has 1 aliphatic heterocycles. The monoisotopic (exact) mass is 506 g/mol. The van der Waals surface area contributed by atoms with Gasteiger partial charge >= 0.3 is 5.97 Å². The molecule has 0 radical (unpaired) electrons. The molecule has 0 aliphatic carbocycles. The zero-order valence-corrected chi connectivity index (χ0v) is 19.5. The highest BCUT2D eigenvalue weighted by atomic mass is 32.1. The van der Waals surface area contributed by atoms with E-state index in [0.29, 0.717) is 11.3 Å². The number of nitrogens with two attached hydrogens (primary N) is 1. The molecule has 36 heavy (non-hydrogen) atoms. The summed E-state index contributed by atoms with van der Waals surface area (Å²) in [6.07, 6.45) is 0.990. The molecule has 1 aliphatic rings. The molecule has 0 spiro atoms. The van der Waals surface area contributed by atoms with Crippen LogP contribution in [0.4, 0.5) is 10.1 Å². The van der Waals surface area contributed by atoms with Gasteiger partial charge in [0.05, 0.1) is 30.2 Å². The number of aromatic nitrogens is 1. The number of amides is 1. The molecule has 1 atom stereocenters. The number of aryl methyl sites for hydroxylation is 1. The number of esters is 1. The van der Waals surface area contributed by atoms with Crippen molar-refractivity contribution in [1.29, 1.82) is 5.26 Å². The lowest BCUT2D eigenvalue weighted by atomic mass is 9.83. The Morgan fingerprint density at radius 1 is 1.25 bits per heavy atom. The van der Waals surface area contributed by atoms with Gasteiger partial charge in [0.1, 0.15) is 20.8 Å². The van der Waals surface area contributed by atoms with Crippen LogP contribution >= 0.6 is 11.3 Å². The topological polar surface area (TPSA) is 127 Å². The number of thiazole rings is 1. The minimum atomic E-state index is -1.05. The zero-order chi connectivity index (χ0) is 25.3. The van der Waals surface area contributed by atoms with E-state index in [9.17, 15) is 24.0 Å². The average molecular weight is 507 g/mol. The summed E-state index contributed by atoms with van der Waals surface area (Å²) in [5.41, 5.74) is 7.26. The highest BCUT2D eigenvalue weighted by molar-refractivity contribution is 7.07. The molecule has 10 heteroatoms. The number of nitrogens with one attached hydrogen (secondary N) is 1. The summed E-state index contributed by atoms with van der Waals surface area (Å²) in [4.78, 5) is 38.5. The fourth-order valence-electron chi connectivity index (χ4n) is 3.79. The van der Waals surface area contributed by atoms with Gasteiger partial charge in [-0.25, -0.2) is 9.18 Å². The number of nitrogens with zero attached hydrogens (tertiary/aromatic N) is 2. The van der Waals surface area contributed by atoms with Crippen molar-refractivity contribution in [2.24, 2.45) is 5.73 Å². The van der Waals surface area contributed by atoms with Crippen LogP contribution < -0.4 is 25.8 Å². The fourth-order valence-corrected chi connectivity index (χ4v) is 4.92. The fraction of sp³-hybridized carbons (Fsp3) is 0.154. The second-order valence-corrected chi connectivity index (χ2v) is 8.74. The van der Waals surface area contributed by atoms with E-state index in [2.05, 4.69) is 10.1 Å². The molecular formula is C26H23FN4O4S. The van der Waals surface area contributed by atoms with Crippen molar-refractivity contribution in [3.63, 3.8) is 0 Å². The standard InChI is InChI=1S/C25H19FN4O4S.CH4/c1-13-6-8-16(9-7-13)29-23(32)21-20(14-4-3-5-15(26)10-14)17(12-27)22(28)30-24(33)18(35-25(21)30)11-19(31)34-2;/h3-11,20H,28H2,1-2H3,(H,29,32);1H4/b18-11-;. The van der Waals surface area contributed by atoms with Crippen LogP contribution in [0, 0.1) is 24.1 Å². The van der Waals surface area contributed by atoms with E-state index < -0.39 is 29.2 Å². The Labute approximate surface area is 210 Å². The third-order valence-corrected chi connectivity index (χ3v) is 6.56. The summed E-state index contributed by atoms with van der Waals surface area (Å²) < 4.78 is 19.9. The van der Waals surface area contributed by atoms with Crippen molar-refractivity contribution in [3.05, 3.63) is 90.6 Å². The predicted molar refractivity (Wildman–Crippen MR) is 136 cm³/mol. The lowest BCUT2D eigenvalue weighted by Crippen LogP contribution is -2.40. The maximum absolute atomic E-state index is 14.2. The van der Waals surface area contributed by atoms with Gasteiger partial charge < -0.3 is 15.8 Å². The van der Waals surface area contributed by atoms with E-state index in [0.717, 1.165) is 27.5 Å². The summed E-state index contributed by atoms with van der Waals surface area (Å²) in [5.74, 6) is -3.19. The Hall–Kier alpha value is -4.49. The second-order valence-electron chi connectivity index (χ2n) is 7.71. The van der Waals surface area contributed by atoms with Gasteiger partial charge in [-0.15, -0.1) is 11.3 Å². The molecule has 3 aromatic rings. The molecule has 4 rings (SSSR count). The number of rotatable bonds is 4. The van der Waals surface area contributed by atoms with Crippen LogP contribution in [0.15, 0.2) is 58.9 Å². The first-order chi connectivity index (χ1) is 16.7. The number of benzene rings is 2. The van der Waals surface area contributed by atoms with E-state index >= 15 is 0 Å². The number of ether oxygens (including phenoxy) is 1. The van der Waals surface area contributed by atoms with Gasteiger partial charge in [0.15, 0.2) is 0 Å². The van der Waals surface area contributed by atoms with Crippen molar-refractivity contribution in [3.8, 4) is 6.07 Å². The summed E-state index contributed by atoms with van der Waals surface area (Å²) >= 11 is 0.853. The normalized spacial score (nSPS) is 15.0. The molecule has 0 saturated carbocycles. The number of methoxy groups -OCH3 is 1. The van der Waals surface area contributed by atoms with Crippen LogP contribution in [0.3, 0.4) is 0 Å². The SMILES string of the molecule is C.COC(=O)/C=c1\sc2n(c1=O)C(N)=C(C#N)C(c1cccc(F)c1)C=2C(=O)Nc1ccc(C)cc1. The number of fused-ring (bicyclic) bond motifs is 1. The predicted octanol–water partition coefficient (Wildman–Crippen LogP) is 2.18. The Morgan fingerprint density at radius 2 is 1.94 bits per heavy atom. The van der Waals surface area contributed by atoms with E-state index in [4.69, 9.17) is 5.73 Å². The average Bonchev–Trinajstić information content (AvgIpc) is 3.15. The molecule has 0 saturated heterocycles. The number of halogens is 1. The first-order valence-electron chi connectivity index (χ1n) is 10.3. The molecule has 2 aromatic carbocycles. The maximum atomic E-state index is 14.2. The molecule has 184 valence electrons. The molecule has 8 nitrogen and oxygen atoms in total. The quantitative estimate of drug-likeness (QED) is 0.522. The van der Waals surface area contributed by atoms with Crippen LogP contribution in [0.25, 0.3) is 17.5 Å². The maximum Gasteiger partial charge on any atom is 0.332 e. The second kappa shape index (κ2) is 10.4. The van der Waals surface area contributed by atoms with E-state index in [-0.39, 0.29) is 33.6 Å². The Bertz CT molecular complexity index is 1610. The molecular weight excluding hydrogens is 483 g/mol. The van der Waals surface area contributed by atoms with Crippen LogP contribution in [-0.4, -0.2) is 23.6 Å². The van der Waals surface area contributed by atoms with Gasteiger partial charge in [0, 0.05) is 11.8 Å². The van der Waals surface area contributed by atoms with Crippen molar-refractivity contribution in [1.82, 2.24) is 4.57 Å². The number of hydrogen-bond donors (Lipinski definition) is 2. The Balaban J connectivity index is 0.00000361. The molecule has 1 aromatic heterocycles. The smallest absolute Gasteiger partial charge is 0.332 e. The van der Waals surface area contributed by atoms with Crippen LogP contribution in [0.5, 0.6) is 0 Å². The van der Waals surface area contributed by atoms with Gasteiger partial charge in [-0.3, -0.25) is 14.2 Å². The first kappa shape index (κ1) is 26.1. The highest BCUT2D eigenvalue weighted by Crippen LogP contribution is 2.36. The third-order valence-electron chi connectivity index (χ3n) is 5.45. The largest absolute Gasteiger partial charge is 0.466 e. The number of nitriles is 1. The van der Waals surface area contributed by atoms with Gasteiger partial charge in [-0.2, -0.15) is 5.26 Å². The van der Waals surface area contributed by atoms with Crippen LogP contribution in [-0.2, 0) is 14.3 Å². The van der Waals surface area contributed by atoms with E-state index in [1.807, 2.05) is 25.1 Å². The summed E-state index contributed by atoms with van der Waals surface area (Å²) in [6, 6.07) is 14.5. The molecule has 3 N–H and O–H groups in total. The number of hydrogen-bond acceptors (Lipinski definition) is 7. The Morgan fingerprint density at radius 3 is 2.56 bits per heavy atom. The summed E-state index contributed by atoms with van der Waals surface area (Å²) in [7, 11) is 1.17. The number of anilines is 1. The molecule has 2 heterocycles. The summed E-state index contributed by atoms with van der Waals surface area (Å²) in [5, 5.41) is 12.7. The minimum Gasteiger partial charge on any atom is -0.466 e. The van der Waals surface area contributed by atoms with E-state index in [1.165, 1.54) is 25.3 Å². The molecule has 1 unspecified atom stereocenters. The lowest BCUT2D eigenvalue weighted by molar-refractivity contribution is -0.133. The summed E-state index contributed by atoms with van der Waals surface area (Å²) in [6.45, 7) is 1.90. The van der Waals surface area contributed by atoms with Crippen LogP contribution in [0.1, 0.15) is 24.5 Å². The van der Waals surface area contributed by atoms with Gasteiger partial charge in [0.2, 0.25) is 0 Å². The minimum absolute atomic E-state index is 0. The van der Waals surface area contributed by atoms with Crippen molar-refractivity contribution < 1.29 is 18.7 Å². The first-order valence-corrected chi connectivity index (χ1v) is 11.2. The lowest BCUT2D eigenvalue weighted by Gasteiger charge is -2.25. The number of carbonyl (C=O) groups excluding carboxylic acids is 2. The number of carbonyl (C=O) groups is 2. The van der Waals surface area contributed by atoms with E-state index in [1.54, 1.807) is 18.2 Å². The van der Waals surface area contributed by atoms with Crippen molar-refractivity contribution >= 4 is 46.4 Å². The molecule has 0 bridgehead atoms. The van der Waals surface area contributed by atoms with Crippen LogP contribution in [0.2, 0.25) is 0 Å². The Kier molecular flexibility index (Phi) is 7.56. The third kappa shape index (κ3) is 4.69. The highest BCUT2D eigenvalue weighted by Gasteiger charge is 2.35.